The highest BCUT2D eigenvalue weighted by atomic mass is 35.5. The van der Waals surface area contributed by atoms with Crippen molar-refractivity contribution in [2.45, 2.75) is 0 Å². The average Bonchev–Trinajstić information content (AvgIpc) is 3.21. The Morgan fingerprint density at radius 1 is 1.23 bits per heavy atom. The third-order valence-corrected chi connectivity index (χ3v) is 4.04. The zero-order valence-electron chi connectivity index (χ0n) is 15.6. The largest absolute Gasteiger partial charge is 0.497 e. The van der Waals surface area contributed by atoms with E-state index in [0.29, 0.717) is 27.1 Å². The van der Waals surface area contributed by atoms with Gasteiger partial charge in [-0.1, -0.05) is 23.2 Å². The summed E-state index contributed by atoms with van der Waals surface area (Å²) < 4.78 is 18.3. The van der Waals surface area contributed by atoms with Crippen molar-refractivity contribution in [3.63, 3.8) is 0 Å². The summed E-state index contributed by atoms with van der Waals surface area (Å²) in [7, 11) is 1.61. The number of hydrogen-bond acceptors (Lipinski definition) is 6. The molecule has 158 valence electrons. The van der Waals surface area contributed by atoms with E-state index in [9.17, 15) is 0 Å². The third-order valence-electron chi connectivity index (χ3n) is 3.49. The number of rotatable bonds is 7. The molecule has 0 spiro atoms. The Labute approximate surface area is 181 Å². The summed E-state index contributed by atoms with van der Waals surface area (Å²) in [6, 6.07) is 12.4. The van der Waals surface area contributed by atoms with Crippen LogP contribution in [0.25, 0.3) is 12.0 Å². The van der Waals surface area contributed by atoms with Gasteiger partial charge in [0.05, 0.1) is 24.7 Å². The number of imidazole rings is 1. The van der Waals surface area contributed by atoms with E-state index in [4.69, 9.17) is 52.7 Å². The van der Waals surface area contributed by atoms with Crippen LogP contribution in [0.5, 0.6) is 11.5 Å². The molecule has 0 amide bonds. The Bertz CT molecular complexity index is 974. The van der Waals surface area contributed by atoms with Gasteiger partial charge in [-0.3, -0.25) is 0 Å². The van der Waals surface area contributed by atoms with Crippen LogP contribution in [0.15, 0.2) is 61.2 Å². The van der Waals surface area contributed by atoms with Gasteiger partial charge in [-0.05, 0) is 42.5 Å². The molecule has 1 N–H and O–H groups in total. The van der Waals surface area contributed by atoms with Crippen LogP contribution in [0.1, 0.15) is 5.56 Å². The van der Waals surface area contributed by atoms with Crippen molar-refractivity contribution in [2.24, 2.45) is 0 Å². The molecule has 0 bridgehead atoms. The highest BCUT2D eigenvalue weighted by Crippen LogP contribution is 2.28. The fourth-order valence-corrected chi connectivity index (χ4v) is 2.69. The number of benzene rings is 2. The van der Waals surface area contributed by atoms with E-state index >= 15 is 0 Å². The highest BCUT2D eigenvalue weighted by Gasteiger charge is 2.10. The summed E-state index contributed by atoms with van der Waals surface area (Å²) in [5.74, 6) is 1.94. The molecular formula is C19H17Cl2N3O6. The van der Waals surface area contributed by atoms with Gasteiger partial charge in [0.1, 0.15) is 17.3 Å². The number of methoxy groups -OCH3 is 1. The average molecular weight is 454 g/mol. The quantitative estimate of drug-likeness (QED) is 0.235. The predicted molar refractivity (Wildman–Crippen MR) is 111 cm³/mol. The van der Waals surface area contributed by atoms with Gasteiger partial charge in [0.2, 0.25) is 6.79 Å². The molecule has 11 heteroatoms. The fraction of sp³-hybridized carbons (Fsp3) is 0.105. The maximum Gasteiger partial charge on any atom is 0.291 e. The maximum absolute atomic E-state index is 8.36. The Morgan fingerprint density at radius 3 is 2.47 bits per heavy atom. The number of nitrogens with zero attached hydrogens (tertiary/aromatic N) is 3. The van der Waals surface area contributed by atoms with Crippen molar-refractivity contribution in [1.82, 2.24) is 9.55 Å². The summed E-state index contributed by atoms with van der Waals surface area (Å²) in [6.45, 7) is 0.00577. The van der Waals surface area contributed by atoms with Crippen molar-refractivity contribution in [1.29, 1.82) is 0 Å². The molecule has 2 aromatic carbocycles. The monoisotopic (exact) mass is 453 g/mol. The minimum atomic E-state index is -1.50. The molecule has 0 aliphatic carbocycles. The van der Waals surface area contributed by atoms with Crippen molar-refractivity contribution in [2.75, 3.05) is 13.9 Å². The summed E-state index contributed by atoms with van der Waals surface area (Å²) in [6.07, 6.45) is 6.87. The Hall–Kier alpha value is -3.43. The lowest BCUT2D eigenvalue weighted by atomic mass is 10.2. The maximum atomic E-state index is 8.36. The van der Waals surface area contributed by atoms with E-state index in [0.717, 1.165) is 5.75 Å². The topological polar surface area (TPSA) is 109 Å². The van der Waals surface area contributed by atoms with Crippen LogP contribution in [0.4, 0.5) is 0 Å². The zero-order chi connectivity index (χ0) is 21.9. The molecule has 1 heterocycles. The summed E-state index contributed by atoms with van der Waals surface area (Å²) in [5, 5.41) is 14.7. The van der Waals surface area contributed by atoms with E-state index in [2.05, 4.69) is 4.98 Å². The van der Waals surface area contributed by atoms with Gasteiger partial charge in [-0.2, -0.15) is 0 Å². The summed E-state index contributed by atoms with van der Waals surface area (Å²) in [5.41, 5.74) is 0.697. The molecule has 0 saturated carbocycles. The number of aromatic nitrogens is 2. The first kappa shape index (κ1) is 22.9. The minimum Gasteiger partial charge on any atom is -0.497 e. The van der Waals surface area contributed by atoms with Gasteiger partial charge in [-0.15, -0.1) is 10.1 Å². The molecule has 9 nitrogen and oxygen atoms in total. The second-order valence-corrected chi connectivity index (χ2v) is 6.29. The Balaban J connectivity index is 0.000000735. The lowest BCUT2D eigenvalue weighted by Gasteiger charge is -2.14. The molecule has 3 aromatic rings. The number of hydrogen-bond donors (Lipinski definition) is 1. The zero-order valence-corrected chi connectivity index (χ0v) is 17.2. The Morgan fingerprint density at radius 2 is 1.90 bits per heavy atom. The smallest absolute Gasteiger partial charge is 0.291 e. The van der Waals surface area contributed by atoms with Crippen LogP contribution in [0.2, 0.25) is 10.0 Å². The van der Waals surface area contributed by atoms with Crippen LogP contribution in [-0.4, -0.2) is 33.7 Å². The van der Waals surface area contributed by atoms with Crippen LogP contribution in [-0.2, 0) is 4.74 Å². The van der Waals surface area contributed by atoms with E-state index in [1.165, 1.54) is 0 Å². The molecule has 0 radical (unpaired) electrons. The summed E-state index contributed by atoms with van der Waals surface area (Å²) >= 11 is 12.3. The molecule has 0 fully saturated rings. The van der Waals surface area contributed by atoms with E-state index in [-0.39, 0.29) is 6.79 Å². The van der Waals surface area contributed by atoms with E-state index in [1.807, 2.05) is 12.1 Å². The highest BCUT2D eigenvalue weighted by molar-refractivity contribution is 6.35. The molecule has 3 rings (SSSR count). The molecule has 1 aromatic heterocycles. The molecule has 0 atom stereocenters. The van der Waals surface area contributed by atoms with Gasteiger partial charge >= 0.3 is 0 Å². The first-order valence-electron chi connectivity index (χ1n) is 8.26. The predicted octanol–water partition coefficient (Wildman–Crippen LogP) is 4.86. The van der Waals surface area contributed by atoms with Crippen LogP contribution < -0.4 is 9.47 Å². The first-order valence-corrected chi connectivity index (χ1v) is 9.02. The van der Waals surface area contributed by atoms with Crippen molar-refractivity contribution >= 4 is 35.2 Å². The molecule has 0 saturated heterocycles. The minimum absolute atomic E-state index is 0.00577. The van der Waals surface area contributed by atoms with Crippen molar-refractivity contribution < 1.29 is 24.5 Å². The molecule has 0 aliphatic rings. The van der Waals surface area contributed by atoms with Crippen LogP contribution in [0.3, 0.4) is 0 Å². The first-order chi connectivity index (χ1) is 14.4. The van der Waals surface area contributed by atoms with Crippen LogP contribution >= 0.6 is 23.2 Å². The van der Waals surface area contributed by atoms with Gasteiger partial charge in [0, 0.05) is 23.0 Å². The molecule has 0 aliphatic heterocycles. The van der Waals surface area contributed by atoms with Crippen molar-refractivity contribution in [3.05, 3.63) is 86.9 Å². The molecule has 30 heavy (non-hydrogen) atoms. The Kier molecular flexibility index (Phi) is 8.79. The van der Waals surface area contributed by atoms with Gasteiger partial charge < -0.3 is 24.0 Å². The summed E-state index contributed by atoms with van der Waals surface area (Å²) in [4.78, 5) is 12.4. The second kappa shape index (κ2) is 11.5. The lowest BCUT2D eigenvalue weighted by Crippen LogP contribution is -2.04. The standard InChI is InChI=1S/C19H16Cl2N2O3.HNO3/c1-24-15-3-5-16(6-4-15)25-13-26-19(11-23-9-8-22-12-23)17-7-2-14(20)10-18(17)21;2-1(3)4/h2-12H,13H2,1H3;(H,2,3,4). The molecule has 0 unspecified atom stereocenters. The lowest BCUT2D eigenvalue weighted by molar-refractivity contribution is -0.742. The van der Waals surface area contributed by atoms with E-state index in [1.54, 1.807) is 66.9 Å². The van der Waals surface area contributed by atoms with Gasteiger partial charge in [-0.25, -0.2) is 4.98 Å². The second-order valence-electron chi connectivity index (χ2n) is 5.45. The van der Waals surface area contributed by atoms with Gasteiger partial charge in [0.15, 0.2) is 0 Å². The van der Waals surface area contributed by atoms with E-state index < -0.39 is 5.09 Å². The SMILES string of the molecule is COc1ccc(OCOC(=Cn2ccnc2)c2ccc(Cl)cc2Cl)cc1.O=[N+]([O-])O. The normalized spacial score (nSPS) is 10.6. The van der Waals surface area contributed by atoms with Gasteiger partial charge in [0.25, 0.3) is 5.09 Å². The van der Waals surface area contributed by atoms with Crippen molar-refractivity contribution in [3.8, 4) is 11.5 Å². The molecular weight excluding hydrogens is 437 g/mol. The number of halogens is 2. The fourth-order valence-electron chi connectivity index (χ4n) is 2.19. The third kappa shape index (κ3) is 7.53. The number of ether oxygens (including phenoxy) is 3. The van der Waals surface area contributed by atoms with Crippen LogP contribution in [0, 0.1) is 10.1 Å².